The average molecular weight is 380 g/mol. The van der Waals surface area contributed by atoms with Gasteiger partial charge in [0.2, 0.25) is 5.91 Å². The van der Waals surface area contributed by atoms with Crippen molar-refractivity contribution in [1.82, 2.24) is 10.3 Å². The lowest BCUT2D eigenvalue weighted by molar-refractivity contribution is -0.118. The largest absolute Gasteiger partial charge is 0.458 e. The Morgan fingerprint density at radius 3 is 2.84 bits per heavy atom. The number of aromatic nitrogens is 1. The van der Waals surface area contributed by atoms with Gasteiger partial charge in [-0.05, 0) is 37.3 Å². The predicted molar refractivity (Wildman–Crippen MR) is 93.5 cm³/mol. The first kappa shape index (κ1) is 17.6. The quantitative estimate of drug-likeness (QED) is 0.644. The van der Waals surface area contributed by atoms with Gasteiger partial charge in [-0.1, -0.05) is 0 Å². The molecule has 0 aliphatic carbocycles. The Hall–Kier alpha value is -2.19. The van der Waals surface area contributed by atoms with Crippen molar-refractivity contribution in [3.05, 3.63) is 58.1 Å². The number of carbonyl (C=O) groups excluding carboxylic acids is 1. The van der Waals surface area contributed by atoms with E-state index in [0.717, 1.165) is 34.6 Å². The number of benzene rings is 1. The molecule has 2 heterocycles. The number of aryl methyl sites for hydroxylation is 1. The molecular formula is C17H14F2N2O2S2. The van der Waals surface area contributed by atoms with Gasteiger partial charge in [0.15, 0.2) is 17.4 Å². The second-order valence-electron chi connectivity index (χ2n) is 5.16. The minimum atomic E-state index is -0.925. The molecule has 25 heavy (non-hydrogen) atoms. The molecule has 1 aromatic carbocycles. The highest BCUT2D eigenvalue weighted by Gasteiger charge is 2.10. The second kappa shape index (κ2) is 7.79. The average Bonchev–Trinajstić information content (AvgIpc) is 3.23. The minimum absolute atomic E-state index is 0.101. The van der Waals surface area contributed by atoms with Gasteiger partial charge in [0, 0.05) is 10.3 Å². The molecule has 2 aromatic heterocycles. The molecule has 0 spiro atoms. The molecule has 1 N–H and O–H groups in total. The first-order valence-electron chi connectivity index (χ1n) is 7.37. The van der Waals surface area contributed by atoms with Crippen molar-refractivity contribution in [3.63, 3.8) is 0 Å². The van der Waals surface area contributed by atoms with Crippen LogP contribution in [-0.4, -0.2) is 16.6 Å². The zero-order valence-corrected chi connectivity index (χ0v) is 14.8. The van der Waals surface area contributed by atoms with E-state index < -0.39 is 11.6 Å². The third-order valence-electron chi connectivity index (χ3n) is 3.25. The summed E-state index contributed by atoms with van der Waals surface area (Å²) in [5.74, 6) is -0.679. The van der Waals surface area contributed by atoms with Crippen LogP contribution in [0.1, 0.15) is 10.8 Å². The maximum atomic E-state index is 13.1. The van der Waals surface area contributed by atoms with Crippen LogP contribution in [0.4, 0.5) is 8.78 Å². The molecule has 8 heteroatoms. The summed E-state index contributed by atoms with van der Waals surface area (Å²) >= 11 is 2.67. The number of amides is 1. The topological polar surface area (TPSA) is 55.1 Å². The van der Waals surface area contributed by atoms with E-state index in [1.54, 1.807) is 6.07 Å². The fourth-order valence-corrected chi connectivity index (χ4v) is 3.39. The number of carbonyl (C=O) groups is 1. The van der Waals surface area contributed by atoms with Gasteiger partial charge in [-0.25, -0.2) is 13.8 Å². The van der Waals surface area contributed by atoms with Crippen LogP contribution in [-0.2, 0) is 11.3 Å². The zero-order chi connectivity index (χ0) is 17.8. The Bertz CT molecular complexity index is 892. The van der Waals surface area contributed by atoms with Gasteiger partial charge < -0.3 is 9.73 Å². The summed E-state index contributed by atoms with van der Waals surface area (Å²) in [5.41, 5.74) is 0.772. The molecule has 0 aliphatic rings. The van der Waals surface area contributed by atoms with Crippen LogP contribution in [0.3, 0.4) is 0 Å². The maximum Gasteiger partial charge on any atom is 0.230 e. The normalized spacial score (nSPS) is 10.8. The first-order chi connectivity index (χ1) is 12.0. The lowest BCUT2D eigenvalue weighted by Gasteiger charge is -2.04. The van der Waals surface area contributed by atoms with E-state index in [1.807, 2.05) is 18.4 Å². The third kappa shape index (κ3) is 4.67. The Balaban J connectivity index is 1.49. The molecule has 1 amide bonds. The number of halogens is 2. The molecule has 0 unspecified atom stereocenters. The van der Waals surface area contributed by atoms with Crippen LogP contribution in [0.25, 0.3) is 11.5 Å². The summed E-state index contributed by atoms with van der Waals surface area (Å²) < 4.78 is 31.6. The summed E-state index contributed by atoms with van der Waals surface area (Å²) in [4.78, 5) is 16.7. The van der Waals surface area contributed by atoms with E-state index in [0.29, 0.717) is 16.4 Å². The monoisotopic (exact) mass is 380 g/mol. The number of nitrogens with one attached hydrogen (secondary N) is 1. The van der Waals surface area contributed by atoms with Crippen molar-refractivity contribution in [3.8, 4) is 11.5 Å². The second-order valence-corrected chi connectivity index (χ2v) is 7.27. The van der Waals surface area contributed by atoms with Gasteiger partial charge in [0.05, 0.1) is 17.3 Å². The van der Waals surface area contributed by atoms with Gasteiger partial charge in [0.25, 0.3) is 0 Å². The number of thiazole rings is 1. The number of rotatable bonds is 6. The molecule has 0 atom stereocenters. The van der Waals surface area contributed by atoms with Crippen LogP contribution in [0, 0.1) is 18.6 Å². The van der Waals surface area contributed by atoms with Crippen LogP contribution in [0.5, 0.6) is 0 Å². The van der Waals surface area contributed by atoms with Gasteiger partial charge >= 0.3 is 0 Å². The fraction of sp³-hybridized carbons (Fsp3) is 0.176. The van der Waals surface area contributed by atoms with Crippen molar-refractivity contribution >= 4 is 29.0 Å². The van der Waals surface area contributed by atoms with Crippen molar-refractivity contribution in [2.24, 2.45) is 0 Å². The summed E-state index contributed by atoms with van der Waals surface area (Å²) in [6.45, 7) is 2.17. The molecule has 130 valence electrons. The van der Waals surface area contributed by atoms with E-state index >= 15 is 0 Å². The number of hydrogen-bond acceptors (Lipinski definition) is 5. The number of thioether (sulfide) groups is 1. The number of furan rings is 1. The van der Waals surface area contributed by atoms with Gasteiger partial charge in [0.1, 0.15) is 11.5 Å². The van der Waals surface area contributed by atoms with E-state index in [2.05, 4.69) is 10.3 Å². The summed E-state index contributed by atoms with van der Waals surface area (Å²) in [6.07, 6.45) is 0. The van der Waals surface area contributed by atoms with Gasteiger partial charge in [-0.15, -0.1) is 23.1 Å². The summed E-state index contributed by atoms with van der Waals surface area (Å²) in [7, 11) is 0. The number of nitrogens with zero attached hydrogens (tertiary/aromatic N) is 1. The molecule has 0 saturated heterocycles. The fourth-order valence-electron chi connectivity index (χ4n) is 2.04. The molecule has 0 radical (unpaired) electrons. The third-order valence-corrected chi connectivity index (χ3v) is 5.02. The van der Waals surface area contributed by atoms with Crippen LogP contribution >= 0.6 is 23.1 Å². The van der Waals surface area contributed by atoms with Crippen molar-refractivity contribution in [2.75, 3.05) is 5.75 Å². The van der Waals surface area contributed by atoms with E-state index in [9.17, 15) is 13.6 Å². The molecule has 3 rings (SSSR count). The Morgan fingerprint density at radius 2 is 2.12 bits per heavy atom. The SMILES string of the molecule is Cc1nc(-c2ccc(CNC(=O)CSc3ccc(F)c(F)c3)o2)cs1. The summed E-state index contributed by atoms with van der Waals surface area (Å²) in [5, 5.41) is 5.59. The van der Waals surface area contributed by atoms with E-state index in [1.165, 1.54) is 17.4 Å². The Kier molecular flexibility index (Phi) is 5.50. The molecule has 3 aromatic rings. The standard InChI is InChI=1S/C17H14F2N2O2S2/c1-10-21-15(8-24-10)16-5-2-11(23-16)7-20-17(22)9-25-12-3-4-13(18)14(19)6-12/h2-6,8H,7,9H2,1H3,(H,20,22). The molecule has 0 bridgehead atoms. The highest BCUT2D eigenvalue weighted by molar-refractivity contribution is 8.00. The van der Waals surface area contributed by atoms with Crippen LogP contribution in [0.15, 0.2) is 45.0 Å². The summed E-state index contributed by atoms with van der Waals surface area (Å²) in [6, 6.07) is 7.14. The Morgan fingerprint density at radius 1 is 1.28 bits per heavy atom. The first-order valence-corrected chi connectivity index (χ1v) is 9.23. The molecule has 0 saturated carbocycles. The molecular weight excluding hydrogens is 366 g/mol. The van der Waals surface area contributed by atoms with E-state index in [4.69, 9.17) is 4.42 Å². The highest BCUT2D eigenvalue weighted by Crippen LogP contribution is 2.24. The maximum absolute atomic E-state index is 13.1. The van der Waals surface area contributed by atoms with E-state index in [-0.39, 0.29) is 18.2 Å². The van der Waals surface area contributed by atoms with Crippen molar-refractivity contribution in [2.45, 2.75) is 18.4 Å². The highest BCUT2D eigenvalue weighted by atomic mass is 32.2. The van der Waals surface area contributed by atoms with Crippen molar-refractivity contribution < 1.29 is 18.0 Å². The molecule has 0 fully saturated rings. The number of hydrogen-bond donors (Lipinski definition) is 1. The van der Waals surface area contributed by atoms with Gasteiger partial charge in [-0.3, -0.25) is 4.79 Å². The smallest absolute Gasteiger partial charge is 0.230 e. The minimum Gasteiger partial charge on any atom is -0.458 e. The van der Waals surface area contributed by atoms with Gasteiger partial charge in [-0.2, -0.15) is 0 Å². The van der Waals surface area contributed by atoms with Crippen LogP contribution < -0.4 is 5.32 Å². The zero-order valence-electron chi connectivity index (χ0n) is 13.2. The Labute approximate surface area is 151 Å². The lowest BCUT2D eigenvalue weighted by Crippen LogP contribution is -2.24. The molecule has 4 nitrogen and oxygen atoms in total. The van der Waals surface area contributed by atoms with Crippen molar-refractivity contribution in [1.29, 1.82) is 0 Å². The molecule has 0 aliphatic heterocycles. The lowest BCUT2D eigenvalue weighted by atomic mass is 10.3. The van der Waals surface area contributed by atoms with Crippen LogP contribution in [0.2, 0.25) is 0 Å². The predicted octanol–water partition coefficient (Wildman–Crippen LogP) is 4.40.